The van der Waals surface area contributed by atoms with Crippen molar-refractivity contribution in [3.05, 3.63) is 0 Å². The third-order valence-corrected chi connectivity index (χ3v) is 3.19. The van der Waals surface area contributed by atoms with E-state index in [0.29, 0.717) is 12.8 Å². The van der Waals surface area contributed by atoms with Crippen LogP contribution in [0.5, 0.6) is 0 Å². The van der Waals surface area contributed by atoms with Crippen LogP contribution in [0.1, 0.15) is 67.2 Å². The summed E-state index contributed by atoms with van der Waals surface area (Å²) in [7, 11) is 0. The van der Waals surface area contributed by atoms with Gasteiger partial charge in [0, 0.05) is 25.9 Å². The van der Waals surface area contributed by atoms with Gasteiger partial charge in [0.2, 0.25) is 11.8 Å². The van der Waals surface area contributed by atoms with Crippen molar-refractivity contribution in [2.45, 2.75) is 73.3 Å². The molecule has 0 radical (unpaired) electrons. The Morgan fingerprint density at radius 2 is 1.50 bits per heavy atom. The maximum Gasteiger partial charge on any atom is 0.220 e. The van der Waals surface area contributed by atoms with E-state index in [1.54, 1.807) is 0 Å². The second-order valence-electron chi connectivity index (χ2n) is 8.09. The minimum atomic E-state index is -0.754. The molecule has 0 aromatic heterocycles. The van der Waals surface area contributed by atoms with Gasteiger partial charge in [0.15, 0.2) is 0 Å². The molecule has 0 fully saturated rings. The monoisotopic (exact) mass is 314 g/mol. The fraction of sp³-hybridized carbons (Fsp3) is 0.882. The summed E-state index contributed by atoms with van der Waals surface area (Å²) in [5.41, 5.74) is 0.0927. The molecule has 0 heterocycles. The fourth-order valence-corrected chi connectivity index (χ4v) is 2.85. The van der Waals surface area contributed by atoms with Gasteiger partial charge < -0.3 is 15.7 Å². The Bertz CT molecular complexity index is 359. The zero-order valence-electron chi connectivity index (χ0n) is 15.1. The van der Waals surface area contributed by atoms with Crippen molar-refractivity contribution in [1.82, 2.24) is 10.6 Å². The summed E-state index contributed by atoms with van der Waals surface area (Å²) in [5.74, 6) is -0.132. The molecule has 0 aromatic carbocycles. The molecule has 130 valence electrons. The molecule has 5 heteroatoms. The molecule has 1 atom stereocenters. The number of rotatable bonds is 9. The summed E-state index contributed by atoms with van der Waals surface area (Å²) < 4.78 is 0. The Morgan fingerprint density at radius 3 is 1.95 bits per heavy atom. The van der Waals surface area contributed by atoms with Gasteiger partial charge in [-0.3, -0.25) is 9.59 Å². The highest BCUT2D eigenvalue weighted by molar-refractivity contribution is 5.77. The number of aliphatic hydroxyl groups excluding tert-OH is 1. The van der Waals surface area contributed by atoms with E-state index in [1.807, 2.05) is 6.92 Å². The Kier molecular flexibility index (Phi) is 8.68. The summed E-state index contributed by atoms with van der Waals surface area (Å²) in [4.78, 5) is 23.3. The van der Waals surface area contributed by atoms with Gasteiger partial charge in [-0.05, 0) is 23.7 Å². The standard InChI is InChI=1S/C17H34N2O3/c1-7-8-14(21)18-10-13(20)11-19-15(22)9-17(5,6)12-16(2,3)4/h13,20H,7-12H2,1-6H3,(H,18,21)(H,19,22). The average molecular weight is 314 g/mol. The van der Waals surface area contributed by atoms with Crippen molar-refractivity contribution in [3.63, 3.8) is 0 Å². The van der Waals surface area contributed by atoms with Crippen LogP contribution in [0.3, 0.4) is 0 Å². The van der Waals surface area contributed by atoms with Gasteiger partial charge >= 0.3 is 0 Å². The van der Waals surface area contributed by atoms with Crippen LogP contribution in [0.4, 0.5) is 0 Å². The second kappa shape index (κ2) is 9.13. The highest BCUT2D eigenvalue weighted by Gasteiger charge is 2.27. The molecule has 22 heavy (non-hydrogen) atoms. The van der Waals surface area contributed by atoms with Crippen LogP contribution in [-0.2, 0) is 9.59 Å². The van der Waals surface area contributed by atoms with Crippen molar-refractivity contribution in [2.75, 3.05) is 13.1 Å². The molecule has 0 saturated heterocycles. The van der Waals surface area contributed by atoms with Crippen LogP contribution in [0, 0.1) is 10.8 Å². The molecule has 0 rings (SSSR count). The van der Waals surface area contributed by atoms with Crippen LogP contribution in [0.15, 0.2) is 0 Å². The number of nitrogens with one attached hydrogen (secondary N) is 2. The zero-order chi connectivity index (χ0) is 17.4. The molecule has 0 aliphatic rings. The fourth-order valence-electron chi connectivity index (χ4n) is 2.85. The number of hydrogen-bond donors (Lipinski definition) is 3. The van der Waals surface area contributed by atoms with Crippen molar-refractivity contribution >= 4 is 11.8 Å². The Morgan fingerprint density at radius 1 is 1.00 bits per heavy atom. The Hall–Kier alpha value is -1.10. The lowest BCUT2D eigenvalue weighted by molar-refractivity contribution is -0.123. The lowest BCUT2D eigenvalue weighted by Gasteiger charge is -2.32. The summed E-state index contributed by atoms with van der Waals surface area (Å²) in [6.45, 7) is 12.9. The number of aliphatic hydroxyl groups is 1. The van der Waals surface area contributed by atoms with Gasteiger partial charge in [0.05, 0.1) is 6.10 Å². The van der Waals surface area contributed by atoms with Gasteiger partial charge in [-0.1, -0.05) is 41.5 Å². The smallest absolute Gasteiger partial charge is 0.220 e. The second-order valence-corrected chi connectivity index (χ2v) is 8.09. The molecule has 1 unspecified atom stereocenters. The minimum absolute atomic E-state index is 0.0619. The van der Waals surface area contributed by atoms with E-state index in [-0.39, 0.29) is 35.7 Å². The Balaban J connectivity index is 4.05. The average Bonchev–Trinajstić information content (AvgIpc) is 2.30. The maximum absolute atomic E-state index is 12.0. The van der Waals surface area contributed by atoms with Crippen LogP contribution in [-0.4, -0.2) is 36.1 Å². The highest BCUT2D eigenvalue weighted by Crippen LogP contribution is 2.35. The normalized spacial score (nSPS) is 13.6. The molecule has 2 amide bonds. The van der Waals surface area contributed by atoms with E-state index < -0.39 is 6.10 Å². The molecule has 0 saturated carbocycles. The minimum Gasteiger partial charge on any atom is -0.389 e. The summed E-state index contributed by atoms with van der Waals surface area (Å²) >= 11 is 0. The van der Waals surface area contributed by atoms with Gasteiger partial charge in [0.1, 0.15) is 0 Å². The molecule has 0 aliphatic carbocycles. The highest BCUT2D eigenvalue weighted by atomic mass is 16.3. The molecule has 0 aliphatic heterocycles. The lowest BCUT2D eigenvalue weighted by atomic mass is 9.74. The summed E-state index contributed by atoms with van der Waals surface area (Å²) in [6.07, 6.45) is 1.86. The number of carbonyl (C=O) groups is 2. The quantitative estimate of drug-likeness (QED) is 0.610. The predicted molar refractivity (Wildman–Crippen MR) is 89.4 cm³/mol. The van der Waals surface area contributed by atoms with E-state index >= 15 is 0 Å². The first-order valence-electron chi connectivity index (χ1n) is 8.16. The topological polar surface area (TPSA) is 78.4 Å². The van der Waals surface area contributed by atoms with Gasteiger partial charge in [-0.15, -0.1) is 0 Å². The Labute approximate surface area is 135 Å². The van der Waals surface area contributed by atoms with Crippen LogP contribution in [0.25, 0.3) is 0 Å². The van der Waals surface area contributed by atoms with E-state index in [0.717, 1.165) is 12.8 Å². The molecular weight excluding hydrogens is 280 g/mol. The van der Waals surface area contributed by atoms with E-state index in [4.69, 9.17) is 0 Å². The van der Waals surface area contributed by atoms with E-state index in [9.17, 15) is 14.7 Å². The number of amides is 2. The number of carbonyl (C=O) groups excluding carboxylic acids is 2. The van der Waals surface area contributed by atoms with Crippen molar-refractivity contribution in [2.24, 2.45) is 10.8 Å². The molecule has 5 nitrogen and oxygen atoms in total. The van der Waals surface area contributed by atoms with Crippen LogP contribution in [0.2, 0.25) is 0 Å². The van der Waals surface area contributed by atoms with E-state index in [1.165, 1.54) is 0 Å². The predicted octanol–water partition coefficient (Wildman–Crippen LogP) is 2.23. The van der Waals surface area contributed by atoms with Crippen molar-refractivity contribution in [3.8, 4) is 0 Å². The maximum atomic E-state index is 12.0. The van der Waals surface area contributed by atoms with Gasteiger partial charge in [-0.25, -0.2) is 0 Å². The molecule has 0 spiro atoms. The number of hydrogen-bond acceptors (Lipinski definition) is 3. The molecule has 0 bridgehead atoms. The summed E-state index contributed by atoms with van der Waals surface area (Å²) in [6, 6.07) is 0. The van der Waals surface area contributed by atoms with Crippen LogP contribution < -0.4 is 10.6 Å². The lowest BCUT2D eigenvalue weighted by Crippen LogP contribution is -2.41. The molecule has 3 N–H and O–H groups in total. The first-order valence-corrected chi connectivity index (χ1v) is 8.16. The van der Waals surface area contributed by atoms with Crippen molar-refractivity contribution in [1.29, 1.82) is 0 Å². The van der Waals surface area contributed by atoms with Gasteiger partial charge in [-0.2, -0.15) is 0 Å². The van der Waals surface area contributed by atoms with Gasteiger partial charge in [0.25, 0.3) is 0 Å². The first kappa shape index (κ1) is 20.9. The third-order valence-electron chi connectivity index (χ3n) is 3.19. The zero-order valence-corrected chi connectivity index (χ0v) is 15.1. The third kappa shape index (κ3) is 11.5. The largest absolute Gasteiger partial charge is 0.389 e. The van der Waals surface area contributed by atoms with E-state index in [2.05, 4.69) is 45.3 Å². The van der Waals surface area contributed by atoms with Crippen molar-refractivity contribution < 1.29 is 14.7 Å². The summed E-state index contributed by atoms with van der Waals surface area (Å²) in [5, 5.41) is 15.2. The SMILES string of the molecule is CCCC(=O)NCC(O)CNC(=O)CC(C)(C)CC(C)(C)C. The van der Waals surface area contributed by atoms with Crippen LogP contribution >= 0.6 is 0 Å². The molecule has 0 aromatic rings. The molecular formula is C17H34N2O3. The first-order chi connectivity index (χ1) is 9.95.